The average molecular weight is 393 g/mol. The van der Waals surface area contributed by atoms with Crippen LogP contribution in [0.4, 0.5) is 4.39 Å². The van der Waals surface area contributed by atoms with E-state index in [-0.39, 0.29) is 5.92 Å². The first kappa shape index (κ1) is 21.5. The van der Waals surface area contributed by atoms with Gasteiger partial charge in [-0.05, 0) is 70.6 Å². The summed E-state index contributed by atoms with van der Waals surface area (Å²) in [5, 5.41) is 11.6. The van der Waals surface area contributed by atoms with Gasteiger partial charge in [-0.15, -0.1) is 0 Å². The number of ether oxygens (including phenoxy) is 1. The zero-order valence-corrected chi connectivity index (χ0v) is 17.7. The molecule has 1 N–H and O–H groups in total. The molecule has 2 fully saturated rings. The van der Waals surface area contributed by atoms with E-state index >= 15 is 0 Å². The van der Waals surface area contributed by atoms with E-state index in [2.05, 4.69) is 30.0 Å². The van der Waals surface area contributed by atoms with E-state index in [0.29, 0.717) is 11.8 Å². The maximum absolute atomic E-state index is 13.3. The Bertz CT molecular complexity index is 608. The molecular formula is C23H37FN2O2. The van der Waals surface area contributed by atoms with E-state index in [9.17, 15) is 9.50 Å². The molecule has 1 heterocycles. The Balaban J connectivity index is 1.78. The van der Waals surface area contributed by atoms with E-state index in [1.807, 2.05) is 12.1 Å². The monoisotopic (exact) mass is 392 g/mol. The molecule has 1 aromatic carbocycles. The predicted octanol–water partition coefficient (Wildman–Crippen LogP) is 4.19. The lowest BCUT2D eigenvalue weighted by atomic mass is 9.72. The highest BCUT2D eigenvalue weighted by Gasteiger charge is 2.40. The average Bonchev–Trinajstić information content (AvgIpc) is 2.66. The molecule has 3 rings (SSSR count). The Morgan fingerprint density at radius 1 is 1.21 bits per heavy atom. The van der Waals surface area contributed by atoms with Crippen LogP contribution >= 0.6 is 0 Å². The summed E-state index contributed by atoms with van der Waals surface area (Å²) in [6.07, 6.45) is 6.04. The van der Waals surface area contributed by atoms with Gasteiger partial charge in [0.25, 0.3) is 0 Å². The van der Waals surface area contributed by atoms with Gasteiger partial charge in [-0.25, -0.2) is 4.39 Å². The maximum atomic E-state index is 13.3. The lowest BCUT2D eigenvalue weighted by Gasteiger charge is -2.43. The van der Waals surface area contributed by atoms with Crippen molar-refractivity contribution in [2.75, 3.05) is 33.7 Å². The summed E-state index contributed by atoms with van der Waals surface area (Å²) in [7, 11) is 4.32. The lowest BCUT2D eigenvalue weighted by Crippen LogP contribution is -2.48. The van der Waals surface area contributed by atoms with E-state index in [1.54, 1.807) is 6.07 Å². The van der Waals surface area contributed by atoms with Gasteiger partial charge in [0.15, 0.2) is 0 Å². The van der Waals surface area contributed by atoms with Gasteiger partial charge in [-0.1, -0.05) is 31.4 Å². The van der Waals surface area contributed by atoms with Crippen LogP contribution in [0.1, 0.15) is 63.4 Å². The first-order chi connectivity index (χ1) is 13.4. The smallest absolute Gasteiger partial charge is 0.235 e. The molecule has 1 aliphatic heterocycles. The number of aliphatic hydroxyl groups is 1. The largest absolute Gasteiger partial charge is 0.461 e. The molecule has 0 amide bonds. The molecule has 1 saturated heterocycles. The van der Waals surface area contributed by atoms with E-state index < -0.39 is 12.0 Å². The second kappa shape index (κ2) is 9.55. The standard InChI is InChI=1S/C23H37FN2O2/c1-18(24)28-21-9-7-8-19(16-21)22(23(27)12-5-4-6-13-23)17-26-14-10-20(11-15-26)25(2)3/h7-9,16,18,20,22,27H,4-6,10-15,17H2,1-3H3/t18?,22-/m1/s1. The molecule has 1 unspecified atom stereocenters. The molecule has 1 aliphatic carbocycles. The number of benzene rings is 1. The van der Waals surface area contributed by atoms with E-state index in [0.717, 1.165) is 50.9 Å². The molecule has 0 bridgehead atoms. The normalized spacial score (nSPS) is 23.5. The van der Waals surface area contributed by atoms with Crippen LogP contribution < -0.4 is 4.74 Å². The van der Waals surface area contributed by atoms with Crippen LogP contribution in [-0.4, -0.2) is 66.6 Å². The highest BCUT2D eigenvalue weighted by molar-refractivity contribution is 5.33. The summed E-state index contributed by atoms with van der Waals surface area (Å²) in [6.45, 7) is 4.37. The Morgan fingerprint density at radius 2 is 1.89 bits per heavy atom. The molecule has 1 aromatic rings. The second-order valence-corrected chi connectivity index (χ2v) is 8.95. The maximum Gasteiger partial charge on any atom is 0.235 e. The summed E-state index contributed by atoms with van der Waals surface area (Å²) in [4.78, 5) is 4.82. The fraction of sp³-hybridized carbons (Fsp3) is 0.739. The van der Waals surface area contributed by atoms with Crippen molar-refractivity contribution in [3.63, 3.8) is 0 Å². The van der Waals surface area contributed by atoms with E-state index in [1.165, 1.54) is 26.2 Å². The number of alkyl halides is 1. The summed E-state index contributed by atoms with van der Waals surface area (Å²) in [5.74, 6) is 0.574. The Morgan fingerprint density at radius 3 is 2.50 bits per heavy atom. The fourth-order valence-corrected chi connectivity index (χ4v) is 4.97. The van der Waals surface area contributed by atoms with Crippen molar-refractivity contribution < 1.29 is 14.2 Å². The molecule has 158 valence electrons. The molecular weight excluding hydrogens is 355 g/mol. The highest BCUT2D eigenvalue weighted by Crippen LogP contribution is 2.41. The van der Waals surface area contributed by atoms with Gasteiger partial charge in [0.05, 0.1) is 5.60 Å². The van der Waals surface area contributed by atoms with Crippen molar-refractivity contribution in [2.24, 2.45) is 0 Å². The minimum absolute atomic E-state index is 0.0298. The minimum Gasteiger partial charge on any atom is -0.461 e. The number of hydrogen-bond donors (Lipinski definition) is 1. The summed E-state index contributed by atoms with van der Waals surface area (Å²) < 4.78 is 18.6. The zero-order chi connectivity index (χ0) is 20.1. The third kappa shape index (κ3) is 5.46. The van der Waals surface area contributed by atoms with Crippen molar-refractivity contribution in [3.05, 3.63) is 29.8 Å². The SMILES string of the molecule is CC(F)Oc1cccc([C@@H](CN2CCC(N(C)C)CC2)C2(O)CCCCC2)c1. The molecule has 28 heavy (non-hydrogen) atoms. The zero-order valence-electron chi connectivity index (χ0n) is 17.7. The van der Waals surface area contributed by atoms with Crippen LogP contribution in [0.15, 0.2) is 24.3 Å². The Hall–Kier alpha value is -1.17. The van der Waals surface area contributed by atoms with Crippen LogP contribution in [0, 0.1) is 0 Å². The fourth-order valence-electron chi connectivity index (χ4n) is 4.97. The molecule has 4 nitrogen and oxygen atoms in total. The molecule has 2 atom stereocenters. The van der Waals surface area contributed by atoms with Crippen molar-refractivity contribution in [3.8, 4) is 5.75 Å². The summed E-state index contributed by atoms with van der Waals surface area (Å²) in [5.41, 5.74) is 0.383. The van der Waals surface area contributed by atoms with Gasteiger partial charge in [0.2, 0.25) is 6.36 Å². The number of halogens is 1. The molecule has 2 aliphatic rings. The van der Waals surface area contributed by atoms with Crippen LogP contribution in [0.25, 0.3) is 0 Å². The number of hydrogen-bond acceptors (Lipinski definition) is 4. The first-order valence-electron chi connectivity index (χ1n) is 10.9. The Kier molecular flexibility index (Phi) is 7.35. The van der Waals surface area contributed by atoms with Gasteiger partial charge in [0, 0.05) is 25.4 Å². The van der Waals surface area contributed by atoms with Gasteiger partial charge in [0.1, 0.15) is 5.75 Å². The minimum atomic E-state index is -1.34. The number of likely N-dealkylation sites (tertiary alicyclic amines) is 1. The Labute approximate surface area is 169 Å². The van der Waals surface area contributed by atoms with Crippen LogP contribution in [0.3, 0.4) is 0 Å². The van der Waals surface area contributed by atoms with Crippen LogP contribution in [0.5, 0.6) is 5.75 Å². The topological polar surface area (TPSA) is 35.9 Å². The molecule has 0 radical (unpaired) electrons. The van der Waals surface area contributed by atoms with Gasteiger partial charge >= 0.3 is 0 Å². The van der Waals surface area contributed by atoms with Crippen molar-refractivity contribution >= 4 is 0 Å². The van der Waals surface area contributed by atoms with Crippen molar-refractivity contribution in [2.45, 2.75) is 75.8 Å². The van der Waals surface area contributed by atoms with Crippen LogP contribution in [-0.2, 0) is 0 Å². The van der Waals surface area contributed by atoms with Crippen molar-refractivity contribution in [1.29, 1.82) is 0 Å². The number of rotatable bonds is 7. The van der Waals surface area contributed by atoms with Gasteiger partial charge in [-0.2, -0.15) is 0 Å². The predicted molar refractivity (Wildman–Crippen MR) is 112 cm³/mol. The highest BCUT2D eigenvalue weighted by atomic mass is 19.1. The first-order valence-corrected chi connectivity index (χ1v) is 10.9. The second-order valence-electron chi connectivity index (χ2n) is 8.95. The molecule has 0 spiro atoms. The summed E-state index contributed by atoms with van der Waals surface area (Å²) in [6, 6.07) is 8.36. The number of nitrogens with zero attached hydrogens (tertiary/aromatic N) is 2. The quantitative estimate of drug-likeness (QED) is 0.755. The van der Waals surface area contributed by atoms with Crippen molar-refractivity contribution in [1.82, 2.24) is 9.80 Å². The summed E-state index contributed by atoms with van der Waals surface area (Å²) >= 11 is 0. The third-order valence-corrected chi connectivity index (χ3v) is 6.66. The lowest BCUT2D eigenvalue weighted by molar-refractivity contribution is -0.0336. The molecule has 5 heteroatoms. The van der Waals surface area contributed by atoms with E-state index in [4.69, 9.17) is 4.74 Å². The third-order valence-electron chi connectivity index (χ3n) is 6.66. The number of piperidine rings is 1. The molecule has 1 saturated carbocycles. The molecule has 0 aromatic heterocycles. The van der Waals surface area contributed by atoms with Gasteiger partial charge < -0.3 is 19.6 Å². The van der Waals surface area contributed by atoms with Gasteiger partial charge in [-0.3, -0.25) is 0 Å². The van der Waals surface area contributed by atoms with Crippen LogP contribution in [0.2, 0.25) is 0 Å².